The molecule has 1 aliphatic rings. The maximum absolute atomic E-state index is 12.9. The molecule has 0 bridgehead atoms. The molecule has 7 nitrogen and oxygen atoms in total. The molecule has 1 saturated heterocycles. The second-order valence-corrected chi connectivity index (χ2v) is 6.88. The predicted molar refractivity (Wildman–Crippen MR) is 104 cm³/mol. The molecule has 2 aromatic carbocycles. The first-order valence-corrected chi connectivity index (χ1v) is 9.20. The molecule has 1 aromatic heterocycles. The Morgan fingerprint density at radius 3 is 2.75 bits per heavy atom. The fraction of sp³-hybridized carbons (Fsp3) is 0.286. The van der Waals surface area contributed by atoms with E-state index in [9.17, 15) is 9.59 Å². The Hall–Kier alpha value is -3.19. The quantitative estimate of drug-likeness (QED) is 0.753. The topological polar surface area (TPSA) is 84.7 Å². The lowest BCUT2D eigenvalue weighted by molar-refractivity contribution is -0.141. The van der Waals surface area contributed by atoms with E-state index in [4.69, 9.17) is 9.84 Å². The molecule has 2 heterocycles. The van der Waals surface area contributed by atoms with E-state index >= 15 is 0 Å². The third-order valence-electron chi connectivity index (χ3n) is 4.91. The Balaban J connectivity index is 1.61. The van der Waals surface area contributed by atoms with Crippen molar-refractivity contribution in [3.8, 4) is 5.69 Å². The van der Waals surface area contributed by atoms with Crippen molar-refractivity contribution in [2.75, 3.05) is 19.7 Å². The molecule has 1 atom stereocenters. The van der Waals surface area contributed by atoms with E-state index in [0.717, 1.165) is 22.5 Å². The van der Waals surface area contributed by atoms with Gasteiger partial charge < -0.3 is 14.7 Å². The zero-order chi connectivity index (χ0) is 19.7. The van der Waals surface area contributed by atoms with Gasteiger partial charge in [0.25, 0.3) is 5.91 Å². The summed E-state index contributed by atoms with van der Waals surface area (Å²) in [5.41, 5.74) is 3.25. The number of aliphatic carboxylic acids is 1. The van der Waals surface area contributed by atoms with E-state index in [0.29, 0.717) is 18.7 Å². The third-order valence-corrected chi connectivity index (χ3v) is 4.91. The Labute approximate surface area is 162 Å². The van der Waals surface area contributed by atoms with Crippen molar-refractivity contribution >= 4 is 22.9 Å². The molecule has 1 amide bonds. The van der Waals surface area contributed by atoms with Crippen LogP contribution in [0.4, 0.5) is 0 Å². The summed E-state index contributed by atoms with van der Waals surface area (Å²) < 4.78 is 7.51. The number of fused-ring (bicyclic) bond motifs is 1. The van der Waals surface area contributed by atoms with Gasteiger partial charge in [0.05, 0.1) is 30.2 Å². The lowest BCUT2D eigenvalue weighted by atomic mass is 10.1. The molecule has 0 aliphatic carbocycles. The zero-order valence-electron chi connectivity index (χ0n) is 15.5. The molecule has 0 saturated carbocycles. The van der Waals surface area contributed by atoms with E-state index < -0.39 is 12.1 Å². The Morgan fingerprint density at radius 1 is 1.21 bits per heavy atom. The molecular weight excluding hydrogens is 358 g/mol. The fourth-order valence-electron chi connectivity index (χ4n) is 3.64. The Morgan fingerprint density at radius 2 is 2.00 bits per heavy atom. The van der Waals surface area contributed by atoms with Gasteiger partial charge in [-0.3, -0.25) is 14.2 Å². The summed E-state index contributed by atoms with van der Waals surface area (Å²) in [4.78, 5) is 30.1. The summed E-state index contributed by atoms with van der Waals surface area (Å²) in [5, 5.41) is 8.95. The van der Waals surface area contributed by atoms with Gasteiger partial charge in [-0.25, -0.2) is 4.98 Å². The van der Waals surface area contributed by atoms with Crippen LogP contribution in [0.25, 0.3) is 16.7 Å². The summed E-state index contributed by atoms with van der Waals surface area (Å²) >= 11 is 0. The van der Waals surface area contributed by atoms with Crippen LogP contribution in [-0.4, -0.2) is 57.2 Å². The van der Waals surface area contributed by atoms with Gasteiger partial charge in [0.15, 0.2) is 0 Å². The number of nitrogens with zero attached hydrogens (tertiary/aromatic N) is 3. The molecule has 1 aliphatic heterocycles. The third kappa shape index (κ3) is 3.48. The first-order chi connectivity index (χ1) is 13.5. The molecule has 0 spiro atoms. The number of amides is 1. The number of benzene rings is 2. The molecule has 1 N–H and O–H groups in total. The summed E-state index contributed by atoms with van der Waals surface area (Å²) in [6.07, 6.45) is -0.581. The first-order valence-electron chi connectivity index (χ1n) is 9.20. The van der Waals surface area contributed by atoms with Gasteiger partial charge in [0, 0.05) is 24.3 Å². The number of carboxylic acids is 1. The van der Waals surface area contributed by atoms with Crippen molar-refractivity contribution in [3.63, 3.8) is 0 Å². The minimum absolute atomic E-state index is 0.108. The minimum atomic E-state index is -0.928. The van der Waals surface area contributed by atoms with E-state index in [1.807, 2.05) is 43.3 Å². The lowest BCUT2D eigenvalue weighted by Gasteiger charge is -2.32. The normalized spacial score (nSPS) is 17.0. The molecule has 1 fully saturated rings. The van der Waals surface area contributed by atoms with Crippen LogP contribution in [0.3, 0.4) is 0 Å². The van der Waals surface area contributed by atoms with Crippen LogP contribution in [-0.2, 0) is 9.53 Å². The van der Waals surface area contributed by atoms with Crippen molar-refractivity contribution < 1.29 is 19.4 Å². The molecule has 4 rings (SSSR count). The van der Waals surface area contributed by atoms with Crippen LogP contribution in [0, 0.1) is 6.92 Å². The Bertz CT molecular complexity index is 1030. The van der Waals surface area contributed by atoms with E-state index in [1.54, 1.807) is 17.0 Å². The van der Waals surface area contributed by atoms with Crippen molar-refractivity contribution in [3.05, 3.63) is 59.9 Å². The summed E-state index contributed by atoms with van der Waals surface area (Å²) in [6, 6.07) is 15.5. The number of carbonyl (C=O) groups excluding carboxylic acids is 1. The smallest absolute Gasteiger partial charge is 0.306 e. The van der Waals surface area contributed by atoms with Gasteiger partial charge in [-0.05, 0) is 37.3 Å². The number of morpholine rings is 1. The molecule has 28 heavy (non-hydrogen) atoms. The lowest BCUT2D eigenvalue weighted by Crippen LogP contribution is -2.46. The number of aryl methyl sites for hydroxylation is 1. The minimum Gasteiger partial charge on any atom is -0.481 e. The predicted octanol–water partition coefficient (Wildman–Crippen LogP) is 2.65. The largest absolute Gasteiger partial charge is 0.481 e. The standard InChI is InChI=1S/C21H21N3O4/c1-14-22-18-11-15(7-8-19(18)24(14)16-5-3-2-4-6-16)21(27)23-9-10-28-17(13-23)12-20(25)26/h2-8,11,17H,9-10,12-13H2,1H3,(H,25,26)/t17-/m1/s1. The monoisotopic (exact) mass is 379 g/mol. The van der Waals surface area contributed by atoms with E-state index in [-0.39, 0.29) is 18.9 Å². The number of aromatic nitrogens is 2. The SMILES string of the molecule is Cc1nc2cc(C(=O)N3CCO[C@H](CC(=O)O)C3)ccc2n1-c1ccccc1. The van der Waals surface area contributed by atoms with Crippen LogP contribution in [0.5, 0.6) is 0 Å². The highest BCUT2D eigenvalue weighted by atomic mass is 16.5. The number of imidazole rings is 1. The van der Waals surface area contributed by atoms with Gasteiger partial charge in [0.1, 0.15) is 5.82 Å². The number of carboxylic acid groups (broad SMARTS) is 1. The van der Waals surface area contributed by atoms with Gasteiger partial charge in [0.2, 0.25) is 0 Å². The number of ether oxygens (including phenoxy) is 1. The highest BCUT2D eigenvalue weighted by Gasteiger charge is 2.27. The van der Waals surface area contributed by atoms with Crippen molar-refractivity contribution in [1.82, 2.24) is 14.5 Å². The van der Waals surface area contributed by atoms with Crippen LogP contribution in [0.1, 0.15) is 22.6 Å². The van der Waals surface area contributed by atoms with Crippen LogP contribution >= 0.6 is 0 Å². The highest BCUT2D eigenvalue weighted by Crippen LogP contribution is 2.23. The first kappa shape index (κ1) is 18.2. The summed E-state index contributed by atoms with van der Waals surface area (Å²) in [7, 11) is 0. The van der Waals surface area contributed by atoms with E-state index in [1.165, 1.54) is 0 Å². The van der Waals surface area contributed by atoms with E-state index in [2.05, 4.69) is 9.55 Å². The van der Waals surface area contributed by atoms with Crippen LogP contribution in [0.2, 0.25) is 0 Å². The van der Waals surface area contributed by atoms with Gasteiger partial charge >= 0.3 is 5.97 Å². The molecule has 7 heteroatoms. The Kier molecular flexibility index (Phi) is 4.83. The maximum Gasteiger partial charge on any atom is 0.306 e. The van der Waals surface area contributed by atoms with Gasteiger partial charge in [-0.2, -0.15) is 0 Å². The van der Waals surface area contributed by atoms with Crippen LogP contribution < -0.4 is 0 Å². The molecular formula is C21H21N3O4. The zero-order valence-corrected chi connectivity index (χ0v) is 15.5. The molecule has 0 unspecified atom stereocenters. The van der Waals surface area contributed by atoms with Crippen molar-refractivity contribution in [2.24, 2.45) is 0 Å². The number of hydrogen-bond donors (Lipinski definition) is 1. The van der Waals surface area contributed by atoms with Gasteiger partial charge in [-0.15, -0.1) is 0 Å². The highest BCUT2D eigenvalue weighted by molar-refractivity contribution is 5.97. The second kappa shape index (κ2) is 7.44. The molecule has 3 aromatic rings. The molecule has 144 valence electrons. The van der Waals surface area contributed by atoms with Gasteiger partial charge in [-0.1, -0.05) is 18.2 Å². The summed E-state index contributed by atoms with van der Waals surface area (Å²) in [5.74, 6) is -0.214. The number of para-hydroxylation sites is 1. The number of carbonyl (C=O) groups is 2. The number of hydrogen-bond acceptors (Lipinski definition) is 4. The van der Waals surface area contributed by atoms with Crippen molar-refractivity contribution in [2.45, 2.75) is 19.4 Å². The maximum atomic E-state index is 12.9. The summed E-state index contributed by atoms with van der Waals surface area (Å²) in [6.45, 7) is 3.01. The average Bonchev–Trinajstić information content (AvgIpc) is 3.02. The average molecular weight is 379 g/mol. The second-order valence-electron chi connectivity index (χ2n) is 6.88. The fourth-order valence-corrected chi connectivity index (χ4v) is 3.64. The number of rotatable bonds is 4. The molecule has 0 radical (unpaired) electrons. The van der Waals surface area contributed by atoms with Crippen molar-refractivity contribution in [1.29, 1.82) is 0 Å². The van der Waals surface area contributed by atoms with Crippen LogP contribution in [0.15, 0.2) is 48.5 Å².